The van der Waals surface area contributed by atoms with Crippen molar-refractivity contribution in [2.75, 3.05) is 19.6 Å². The number of hydrogen-bond donors (Lipinski definition) is 0. The maximum Gasteiger partial charge on any atom is 0.410 e. The lowest BCUT2D eigenvalue weighted by atomic mass is 10.0. The minimum absolute atomic E-state index is 0.0688. The number of hydrogen-bond acceptors (Lipinski definition) is 5. The van der Waals surface area contributed by atoms with Crippen LogP contribution in [0.25, 0.3) is 10.9 Å². The third kappa shape index (κ3) is 4.13. The van der Waals surface area contributed by atoms with E-state index in [-0.39, 0.29) is 24.3 Å². The Bertz CT molecular complexity index is 910. The van der Waals surface area contributed by atoms with Crippen molar-refractivity contribution in [3.8, 4) is 0 Å². The standard InChI is InChI=1S/C22H27N3O4/c1-22(2,3)29-20(26)24-12-9-15(10-13-24)25-14-19(28-21(25)27)17-8-11-23-18-7-5-4-6-16(17)18/h4-8,11,15,19H,9-10,12-14H2,1-3H3. The molecule has 29 heavy (non-hydrogen) atoms. The van der Waals surface area contributed by atoms with Crippen molar-refractivity contribution in [1.82, 2.24) is 14.8 Å². The fraction of sp³-hybridized carbons (Fsp3) is 0.500. The van der Waals surface area contributed by atoms with Crippen LogP contribution in [0.15, 0.2) is 36.5 Å². The summed E-state index contributed by atoms with van der Waals surface area (Å²) in [4.78, 5) is 32.8. The van der Waals surface area contributed by atoms with Gasteiger partial charge >= 0.3 is 12.2 Å². The molecule has 0 saturated carbocycles. The molecule has 2 amide bonds. The molecule has 154 valence electrons. The molecule has 2 fully saturated rings. The summed E-state index contributed by atoms with van der Waals surface area (Å²) in [6, 6.07) is 9.88. The highest BCUT2D eigenvalue weighted by atomic mass is 16.6. The van der Waals surface area contributed by atoms with Crippen LogP contribution in [0.2, 0.25) is 0 Å². The minimum atomic E-state index is -0.507. The Morgan fingerprint density at radius 1 is 1.17 bits per heavy atom. The zero-order valence-electron chi connectivity index (χ0n) is 17.1. The molecular weight excluding hydrogens is 370 g/mol. The zero-order valence-corrected chi connectivity index (χ0v) is 17.1. The quantitative estimate of drug-likeness (QED) is 0.762. The molecule has 1 aromatic carbocycles. The number of carbonyl (C=O) groups excluding carboxylic acids is 2. The first-order valence-electron chi connectivity index (χ1n) is 10.1. The predicted octanol–water partition coefficient (Wildman–Crippen LogP) is 4.13. The fourth-order valence-electron chi connectivity index (χ4n) is 4.03. The van der Waals surface area contributed by atoms with E-state index in [9.17, 15) is 9.59 Å². The van der Waals surface area contributed by atoms with Crippen LogP contribution in [-0.2, 0) is 9.47 Å². The van der Waals surface area contributed by atoms with Gasteiger partial charge in [0.15, 0.2) is 0 Å². The molecule has 2 saturated heterocycles. The number of piperidine rings is 1. The number of rotatable bonds is 2. The number of amides is 2. The lowest BCUT2D eigenvalue weighted by molar-refractivity contribution is 0.0168. The van der Waals surface area contributed by atoms with Gasteiger partial charge in [-0.15, -0.1) is 0 Å². The summed E-state index contributed by atoms with van der Waals surface area (Å²) < 4.78 is 11.2. The zero-order chi connectivity index (χ0) is 20.6. The van der Waals surface area contributed by atoms with E-state index in [1.165, 1.54) is 0 Å². The van der Waals surface area contributed by atoms with Crippen molar-refractivity contribution in [3.05, 3.63) is 42.1 Å². The van der Waals surface area contributed by atoms with Crippen LogP contribution in [0.5, 0.6) is 0 Å². The number of fused-ring (bicyclic) bond motifs is 1. The number of aromatic nitrogens is 1. The van der Waals surface area contributed by atoms with E-state index in [0.29, 0.717) is 19.6 Å². The van der Waals surface area contributed by atoms with Gasteiger partial charge in [-0.1, -0.05) is 18.2 Å². The van der Waals surface area contributed by atoms with Gasteiger partial charge in [-0.3, -0.25) is 4.98 Å². The molecule has 3 heterocycles. The number of carbonyl (C=O) groups is 2. The maximum absolute atomic E-state index is 12.6. The van der Waals surface area contributed by atoms with Crippen molar-refractivity contribution in [2.45, 2.75) is 51.4 Å². The first kappa shape index (κ1) is 19.5. The van der Waals surface area contributed by atoms with Crippen molar-refractivity contribution in [3.63, 3.8) is 0 Å². The van der Waals surface area contributed by atoms with E-state index in [1.54, 1.807) is 11.1 Å². The molecule has 2 aliphatic heterocycles. The molecule has 0 aliphatic carbocycles. The molecule has 1 unspecified atom stereocenters. The average molecular weight is 397 g/mol. The van der Waals surface area contributed by atoms with Crippen molar-refractivity contribution >= 4 is 23.1 Å². The van der Waals surface area contributed by atoms with Gasteiger partial charge in [0.1, 0.15) is 11.7 Å². The van der Waals surface area contributed by atoms with Crippen molar-refractivity contribution < 1.29 is 19.1 Å². The highest BCUT2D eigenvalue weighted by Gasteiger charge is 2.39. The topological polar surface area (TPSA) is 72.0 Å². The van der Waals surface area contributed by atoms with E-state index in [0.717, 1.165) is 29.3 Å². The number of para-hydroxylation sites is 1. The van der Waals surface area contributed by atoms with Gasteiger partial charge < -0.3 is 19.3 Å². The summed E-state index contributed by atoms with van der Waals surface area (Å²) in [6.45, 7) is 7.25. The number of benzene rings is 1. The van der Waals surface area contributed by atoms with Crippen molar-refractivity contribution in [2.24, 2.45) is 0 Å². The number of nitrogens with zero attached hydrogens (tertiary/aromatic N) is 3. The third-order valence-corrected chi connectivity index (χ3v) is 5.43. The number of ether oxygens (including phenoxy) is 2. The summed E-state index contributed by atoms with van der Waals surface area (Å²) in [5.74, 6) is 0. The van der Waals surface area contributed by atoms with E-state index in [1.807, 2.05) is 56.0 Å². The van der Waals surface area contributed by atoms with Gasteiger partial charge in [0.25, 0.3) is 0 Å². The second-order valence-corrected chi connectivity index (χ2v) is 8.64. The maximum atomic E-state index is 12.6. The summed E-state index contributed by atoms with van der Waals surface area (Å²) in [5, 5.41) is 1.01. The SMILES string of the molecule is CC(C)(C)OC(=O)N1CCC(N2CC(c3ccnc4ccccc34)OC2=O)CC1. The Labute approximate surface area is 170 Å². The fourth-order valence-corrected chi connectivity index (χ4v) is 4.03. The third-order valence-electron chi connectivity index (χ3n) is 5.43. The number of pyridine rings is 1. The molecule has 7 nitrogen and oxygen atoms in total. The van der Waals surface area contributed by atoms with Gasteiger partial charge in [0, 0.05) is 36.3 Å². The molecule has 1 aromatic heterocycles. The molecular formula is C22H27N3O4. The molecule has 0 radical (unpaired) electrons. The summed E-state index contributed by atoms with van der Waals surface area (Å²) >= 11 is 0. The summed E-state index contributed by atoms with van der Waals surface area (Å²) in [7, 11) is 0. The molecule has 1 atom stereocenters. The second-order valence-electron chi connectivity index (χ2n) is 8.64. The molecule has 2 aromatic rings. The molecule has 0 N–H and O–H groups in total. The molecule has 7 heteroatoms. The largest absolute Gasteiger partial charge is 0.444 e. The van der Waals surface area contributed by atoms with Gasteiger partial charge in [-0.25, -0.2) is 9.59 Å². The van der Waals surface area contributed by atoms with Gasteiger partial charge in [0.05, 0.1) is 12.1 Å². The Morgan fingerprint density at radius 2 is 1.90 bits per heavy atom. The van der Waals surface area contributed by atoms with E-state index < -0.39 is 5.60 Å². The van der Waals surface area contributed by atoms with Crippen LogP contribution in [-0.4, -0.2) is 58.2 Å². The average Bonchev–Trinajstić information content (AvgIpc) is 3.08. The molecule has 0 spiro atoms. The summed E-state index contributed by atoms with van der Waals surface area (Å²) in [5.41, 5.74) is 1.37. The Morgan fingerprint density at radius 3 is 2.62 bits per heavy atom. The Balaban J connectivity index is 1.41. The normalized spacial score (nSPS) is 20.8. The van der Waals surface area contributed by atoms with Crippen LogP contribution in [0.3, 0.4) is 0 Å². The van der Waals surface area contributed by atoms with Crippen LogP contribution >= 0.6 is 0 Å². The second kappa shape index (κ2) is 7.54. The Kier molecular flexibility index (Phi) is 5.06. The molecule has 4 rings (SSSR count). The minimum Gasteiger partial charge on any atom is -0.444 e. The van der Waals surface area contributed by atoms with Gasteiger partial charge in [-0.05, 0) is 45.7 Å². The first-order chi connectivity index (χ1) is 13.8. The first-order valence-corrected chi connectivity index (χ1v) is 10.1. The lowest BCUT2D eigenvalue weighted by Gasteiger charge is -2.36. The van der Waals surface area contributed by atoms with Crippen LogP contribution in [0.1, 0.15) is 45.3 Å². The molecule has 0 bridgehead atoms. The lowest BCUT2D eigenvalue weighted by Crippen LogP contribution is -2.48. The monoisotopic (exact) mass is 397 g/mol. The van der Waals surface area contributed by atoms with Crippen LogP contribution in [0, 0.1) is 0 Å². The van der Waals surface area contributed by atoms with Crippen LogP contribution < -0.4 is 0 Å². The highest BCUT2D eigenvalue weighted by Crippen LogP contribution is 2.33. The van der Waals surface area contributed by atoms with Gasteiger partial charge in [0.2, 0.25) is 0 Å². The van der Waals surface area contributed by atoms with Crippen LogP contribution in [0.4, 0.5) is 9.59 Å². The number of likely N-dealkylation sites (tertiary alicyclic amines) is 1. The van der Waals surface area contributed by atoms with E-state index in [2.05, 4.69) is 4.98 Å². The molecule has 2 aliphatic rings. The Hall–Kier alpha value is -2.83. The van der Waals surface area contributed by atoms with Crippen molar-refractivity contribution in [1.29, 1.82) is 0 Å². The highest BCUT2D eigenvalue weighted by molar-refractivity contribution is 5.83. The number of cyclic esters (lactones) is 1. The van der Waals surface area contributed by atoms with Gasteiger partial charge in [-0.2, -0.15) is 0 Å². The van der Waals surface area contributed by atoms with E-state index in [4.69, 9.17) is 9.47 Å². The summed E-state index contributed by atoms with van der Waals surface area (Å²) in [6.07, 6.45) is 2.32. The predicted molar refractivity (Wildman–Crippen MR) is 109 cm³/mol. The smallest absolute Gasteiger partial charge is 0.410 e. The van der Waals surface area contributed by atoms with E-state index >= 15 is 0 Å².